The Morgan fingerprint density at radius 1 is 1.47 bits per heavy atom. The zero-order valence-electron chi connectivity index (χ0n) is 9.77. The predicted molar refractivity (Wildman–Crippen MR) is 63.9 cm³/mol. The number of carbonyl (C=O) groups is 1. The lowest BCUT2D eigenvalue weighted by Gasteiger charge is -2.22. The fourth-order valence-electron chi connectivity index (χ4n) is 1.98. The fourth-order valence-corrected chi connectivity index (χ4v) is 1.98. The summed E-state index contributed by atoms with van der Waals surface area (Å²) in [5, 5.41) is 8.44. The number of halogens is 1. The van der Waals surface area contributed by atoms with Gasteiger partial charge in [-0.05, 0) is 30.2 Å². The van der Waals surface area contributed by atoms with Crippen molar-refractivity contribution in [1.82, 2.24) is 16.0 Å². The molecule has 0 aromatic carbocycles. The van der Waals surface area contributed by atoms with Gasteiger partial charge in [-0.1, -0.05) is 6.08 Å². The highest BCUT2D eigenvalue weighted by Crippen LogP contribution is 2.22. The highest BCUT2D eigenvalue weighted by Gasteiger charge is 2.20. The van der Waals surface area contributed by atoms with Gasteiger partial charge >= 0.3 is 0 Å². The minimum atomic E-state index is -0.495. The SMILES string of the molecule is CNC(=O)C1=C(F)C=C(C2=CCNCC2)CN1. The van der Waals surface area contributed by atoms with Gasteiger partial charge in [-0.25, -0.2) is 4.39 Å². The van der Waals surface area contributed by atoms with Crippen LogP contribution in [-0.4, -0.2) is 32.6 Å². The highest BCUT2D eigenvalue weighted by atomic mass is 19.1. The monoisotopic (exact) mass is 237 g/mol. The molecule has 0 bridgehead atoms. The minimum absolute atomic E-state index is 0.0192. The summed E-state index contributed by atoms with van der Waals surface area (Å²) in [6.45, 7) is 2.24. The first-order chi connectivity index (χ1) is 8.22. The van der Waals surface area contributed by atoms with E-state index in [1.165, 1.54) is 13.1 Å². The van der Waals surface area contributed by atoms with E-state index in [0.29, 0.717) is 6.54 Å². The first kappa shape index (κ1) is 11.9. The molecule has 0 radical (unpaired) electrons. The molecule has 0 fully saturated rings. The van der Waals surface area contributed by atoms with Gasteiger partial charge in [0, 0.05) is 20.1 Å². The van der Waals surface area contributed by atoms with Crippen molar-refractivity contribution in [2.75, 3.05) is 26.7 Å². The molecular weight excluding hydrogens is 221 g/mol. The second-order valence-electron chi connectivity index (χ2n) is 4.01. The van der Waals surface area contributed by atoms with Gasteiger partial charge in [-0.2, -0.15) is 0 Å². The third-order valence-electron chi connectivity index (χ3n) is 2.93. The van der Waals surface area contributed by atoms with Gasteiger partial charge in [0.25, 0.3) is 5.91 Å². The number of amides is 1. The van der Waals surface area contributed by atoms with Gasteiger partial charge in [0.1, 0.15) is 5.70 Å². The minimum Gasteiger partial charge on any atom is -0.374 e. The van der Waals surface area contributed by atoms with Crippen LogP contribution >= 0.6 is 0 Å². The lowest BCUT2D eigenvalue weighted by molar-refractivity contribution is -0.117. The molecule has 0 aromatic rings. The fraction of sp³-hybridized carbons (Fsp3) is 0.417. The predicted octanol–water partition coefficient (Wildman–Crippen LogP) is 0.363. The van der Waals surface area contributed by atoms with Crippen LogP contribution in [0.5, 0.6) is 0 Å². The third kappa shape index (κ3) is 2.55. The smallest absolute Gasteiger partial charge is 0.270 e. The summed E-state index contributed by atoms with van der Waals surface area (Å²) in [5.41, 5.74) is 2.10. The van der Waals surface area contributed by atoms with E-state index in [1.54, 1.807) is 0 Å². The van der Waals surface area contributed by atoms with Crippen molar-refractivity contribution in [2.45, 2.75) is 6.42 Å². The Morgan fingerprint density at radius 3 is 2.88 bits per heavy atom. The van der Waals surface area contributed by atoms with E-state index in [0.717, 1.165) is 30.7 Å². The number of nitrogens with one attached hydrogen (secondary N) is 3. The number of hydrogen-bond acceptors (Lipinski definition) is 3. The molecule has 17 heavy (non-hydrogen) atoms. The van der Waals surface area contributed by atoms with Crippen LogP contribution in [0.3, 0.4) is 0 Å². The number of allylic oxidation sites excluding steroid dienone is 2. The Hall–Kier alpha value is -1.62. The summed E-state index contributed by atoms with van der Waals surface area (Å²) in [6, 6.07) is 0. The summed E-state index contributed by atoms with van der Waals surface area (Å²) >= 11 is 0. The van der Waals surface area contributed by atoms with Crippen LogP contribution < -0.4 is 16.0 Å². The van der Waals surface area contributed by atoms with Gasteiger partial charge in [0.05, 0.1) is 0 Å². The lowest BCUT2D eigenvalue weighted by Crippen LogP contribution is -2.34. The quantitative estimate of drug-likeness (QED) is 0.650. The van der Waals surface area contributed by atoms with Crippen molar-refractivity contribution in [3.05, 3.63) is 34.8 Å². The second-order valence-corrected chi connectivity index (χ2v) is 4.01. The van der Waals surface area contributed by atoms with Crippen LogP contribution in [0.15, 0.2) is 34.8 Å². The Balaban J connectivity index is 2.21. The number of carbonyl (C=O) groups excluding carboxylic acids is 1. The Kier molecular flexibility index (Phi) is 3.58. The zero-order valence-corrected chi connectivity index (χ0v) is 9.77. The molecule has 2 rings (SSSR count). The molecule has 5 heteroatoms. The van der Waals surface area contributed by atoms with Crippen LogP contribution in [0.25, 0.3) is 0 Å². The number of likely N-dealkylation sites (N-methyl/N-ethyl adjacent to an activating group) is 1. The molecule has 92 valence electrons. The average molecular weight is 237 g/mol. The topological polar surface area (TPSA) is 53.2 Å². The van der Waals surface area contributed by atoms with E-state index in [4.69, 9.17) is 0 Å². The first-order valence-electron chi connectivity index (χ1n) is 5.69. The number of dihydropyridines is 1. The van der Waals surface area contributed by atoms with Crippen LogP contribution in [0.4, 0.5) is 4.39 Å². The lowest BCUT2D eigenvalue weighted by atomic mass is 9.97. The normalized spacial score (nSPS) is 20.4. The molecule has 1 amide bonds. The third-order valence-corrected chi connectivity index (χ3v) is 2.93. The summed E-state index contributed by atoms with van der Waals surface area (Å²) in [4.78, 5) is 11.3. The standard InChI is InChI=1S/C12H16FN3O/c1-14-12(17)11-10(13)6-9(7-16-11)8-2-4-15-5-3-8/h2,6,15-16H,3-5,7H2,1H3,(H,14,17). The molecule has 0 saturated carbocycles. The van der Waals surface area contributed by atoms with Gasteiger partial charge in [-0.3, -0.25) is 4.79 Å². The Bertz CT molecular complexity index is 423. The molecule has 0 spiro atoms. The first-order valence-corrected chi connectivity index (χ1v) is 5.69. The van der Waals surface area contributed by atoms with E-state index in [-0.39, 0.29) is 5.70 Å². The van der Waals surface area contributed by atoms with Crippen molar-refractivity contribution in [2.24, 2.45) is 0 Å². The van der Waals surface area contributed by atoms with Crippen molar-refractivity contribution < 1.29 is 9.18 Å². The number of rotatable bonds is 2. The maximum Gasteiger partial charge on any atom is 0.270 e. The van der Waals surface area contributed by atoms with E-state index < -0.39 is 11.7 Å². The van der Waals surface area contributed by atoms with Crippen LogP contribution in [-0.2, 0) is 4.79 Å². The van der Waals surface area contributed by atoms with E-state index in [9.17, 15) is 9.18 Å². The molecule has 0 saturated heterocycles. The zero-order chi connectivity index (χ0) is 12.3. The summed E-state index contributed by atoms with van der Waals surface area (Å²) in [7, 11) is 1.48. The van der Waals surface area contributed by atoms with Crippen LogP contribution in [0.2, 0.25) is 0 Å². The molecule has 0 atom stereocenters. The maximum absolute atomic E-state index is 13.7. The van der Waals surface area contributed by atoms with Crippen LogP contribution in [0.1, 0.15) is 6.42 Å². The van der Waals surface area contributed by atoms with Gasteiger partial charge in [0.2, 0.25) is 0 Å². The van der Waals surface area contributed by atoms with E-state index >= 15 is 0 Å². The molecule has 3 N–H and O–H groups in total. The van der Waals surface area contributed by atoms with Gasteiger partial charge in [0.15, 0.2) is 5.83 Å². The van der Waals surface area contributed by atoms with Crippen molar-refractivity contribution >= 4 is 5.91 Å². The summed E-state index contributed by atoms with van der Waals surface area (Å²) in [6.07, 6.45) is 4.42. The molecule has 0 aromatic heterocycles. The van der Waals surface area contributed by atoms with Crippen LogP contribution in [0, 0.1) is 0 Å². The molecule has 0 aliphatic carbocycles. The van der Waals surface area contributed by atoms with Gasteiger partial charge in [-0.15, -0.1) is 0 Å². The molecular formula is C12H16FN3O. The van der Waals surface area contributed by atoms with Crippen molar-refractivity contribution in [3.63, 3.8) is 0 Å². The number of hydrogen-bond donors (Lipinski definition) is 3. The molecule has 0 unspecified atom stereocenters. The maximum atomic E-state index is 13.7. The average Bonchev–Trinajstić information content (AvgIpc) is 2.39. The van der Waals surface area contributed by atoms with Gasteiger partial charge < -0.3 is 16.0 Å². The molecule has 2 aliphatic heterocycles. The second kappa shape index (κ2) is 5.14. The summed E-state index contributed by atoms with van der Waals surface area (Å²) < 4.78 is 13.7. The molecule has 2 aliphatic rings. The molecule has 2 heterocycles. The van der Waals surface area contributed by atoms with E-state index in [2.05, 4.69) is 22.0 Å². The highest BCUT2D eigenvalue weighted by molar-refractivity contribution is 5.93. The van der Waals surface area contributed by atoms with E-state index in [1.807, 2.05) is 0 Å². The Morgan fingerprint density at radius 2 is 2.29 bits per heavy atom. The van der Waals surface area contributed by atoms with Crippen molar-refractivity contribution in [3.8, 4) is 0 Å². The summed E-state index contributed by atoms with van der Waals surface area (Å²) in [5.74, 6) is -0.915. The van der Waals surface area contributed by atoms with Crippen molar-refractivity contribution in [1.29, 1.82) is 0 Å². The Labute approximate surface area is 99.6 Å². The molecule has 4 nitrogen and oxygen atoms in total. The largest absolute Gasteiger partial charge is 0.374 e.